The van der Waals surface area contributed by atoms with E-state index in [2.05, 4.69) is 30.0 Å². The van der Waals surface area contributed by atoms with Crippen molar-refractivity contribution in [2.24, 2.45) is 0 Å². The van der Waals surface area contributed by atoms with E-state index in [1.54, 1.807) is 45.5 Å². The first-order valence-electron chi connectivity index (χ1n) is 12.7. The van der Waals surface area contributed by atoms with E-state index in [-0.39, 0.29) is 11.7 Å². The molecule has 0 aliphatic carbocycles. The monoisotopic (exact) mass is 566 g/mol. The maximum absolute atomic E-state index is 13.8. The van der Waals surface area contributed by atoms with Crippen LogP contribution in [0.15, 0.2) is 54.6 Å². The molecule has 1 aliphatic heterocycles. The highest BCUT2D eigenvalue weighted by atomic mass is 32.2. The van der Waals surface area contributed by atoms with E-state index in [9.17, 15) is 4.79 Å². The zero-order chi connectivity index (χ0) is 27.9. The van der Waals surface area contributed by atoms with Crippen LogP contribution in [0.2, 0.25) is 0 Å². The molecule has 0 fully saturated rings. The highest BCUT2D eigenvalue weighted by molar-refractivity contribution is 8.23. The van der Waals surface area contributed by atoms with E-state index in [0.717, 1.165) is 36.4 Å². The van der Waals surface area contributed by atoms with Gasteiger partial charge in [-0.2, -0.15) is 0 Å². The lowest BCUT2D eigenvalue weighted by molar-refractivity contribution is -0.116. The number of hydrogen-bond acceptors (Lipinski definition) is 7. The number of methoxy groups -OCH3 is 4. The van der Waals surface area contributed by atoms with Crippen LogP contribution >= 0.6 is 24.0 Å². The van der Waals surface area contributed by atoms with Crippen LogP contribution in [0.5, 0.6) is 23.0 Å². The van der Waals surface area contributed by atoms with Crippen molar-refractivity contribution in [3.8, 4) is 23.0 Å². The fourth-order valence-corrected chi connectivity index (χ4v) is 5.77. The molecule has 0 saturated heterocycles. The van der Waals surface area contributed by atoms with Gasteiger partial charge in [-0.1, -0.05) is 53.8 Å². The fourth-order valence-electron chi connectivity index (χ4n) is 4.65. The minimum absolute atomic E-state index is 0.0893. The van der Waals surface area contributed by atoms with Crippen molar-refractivity contribution in [2.75, 3.05) is 50.5 Å². The van der Waals surface area contributed by atoms with Crippen LogP contribution in [-0.2, 0) is 17.8 Å². The molecule has 0 saturated carbocycles. The number of ether oxygens (including phenoxy) is 4. The van der Waals surface area contributed by atoms with E-state index in [0.29, 0.717) is 33.8 Å². The summed E-state index contributed by atoms with van der Waals surface area (Å²) >= 11 is 7.21. The third-order valence-corrected chi connectivity index (χ3v) is 8.09. The van der Waals surface area contributed by atoms with Crippen LogP contribution in [0.3, 0.4) is 0 Å². The molecule has 0 radical (unpaired) electrons. The van der Waals surface area contributed by atoms with Gasteiger partial charge in [-0.05, 0) is 49.1 Å². The molecule has 1 amide bonds. The minimum Gasteiger partial charge on any atom is -0.497 e. The Bertz CT molecular complexity index is 1300. The first-order chi connectivity index (χ1) is 18.9. The summed E-state index contributed by atoms with van der Waals surface area (Å²) in [4.78, 5) is 17.7. The van der Waals surface area contributed by atoms with Crippen molar-refractivity contribution >= 4 is 45.6 Å². The Morgan fingerprint density at radius 3 is 2.26 bits per heavy atom. The van der Waals surface area contributed by atoms with E-state index >= 15 is 0 Å². The number of rotatable bonds is 9. The summed E-state index contributed by atoms with van der Waals surface area (Å²) in [6.07, 6.45) is 2.07. The van der Waals surface area contributed by atoms with Gasteiger partial charge in [0.15, 0.2) is 11.5 Å². The lowest BCUT2D eigenvalue weighted by atomic mass is 10.0. The molecule has 9 heteroatoms. The van der Waals surface area contributed by atoms with Crippen LogP contribution in [0.25, 0.3) is 0 Å². The second-order valence-electron chi connectivity index (χ2n) is 9.15. The SMILES string of the molecule is COc1ccc(CN(C(=O)CSC(=S)N2CCCc3cc(C)ccc32)c2cc(OC)c(OC)c(OC)c2)cc1. The molecule has 0 spiro atoms. The first-order valence-corrected chi connectivity index (χ1v) is 14.0. The topological polar surface area (TPSA) is 60.5 Å². The van der Waals surface area contributed by atoms with Gasteiger partial charge in [0.25, 0.3) is 0 Å². The Balaban J connectivity index is 1.59. The molecule has 0 unspecified atom stereocenters. The number of thioether (sulfide) groups is 1. The van der Waals surface area contributed by atoms with Crippen LogP contribution in [0.4, 0.5) is 11.4 Å². The minimum atomic E-state index is -0.0893. The largest absolute Gasteiger partial charge is 0.497 e. The van der Waals surface area contributed by atoms with E-state index in [4.69, 9.17) is 31.2 Å². The Kier molecular flexibility index (Phi) is 9.59. The van der Waals surface area contributed by atoms with Gasteiger partial charge in [-0.15, -0.1) is 0 Å². The number of thiocarbonyl (C=S) groups is 1. The Labute approximate surface area is 240 Å². The number of carbonyl (C=O) groups excluding carboxylic acids is 1. The molecule has 3 aromatic rings. The van der Waals surface area contributed by atoms with E-state index < -0.39 is 0 Å². The molecule has 0 atom stereocenters. The van der Waals surface area contributed by atoms with Crippen molar-refractivity contribution in [2.45, 2.75) is 26.3 Å². The predicted octanol–water partition coefficient (Wildman–Crippen LogP) is 6.03. The molecule has 4 rings (SSSR count). The highest BCUT2D eigenvalue weighted by Crippen LogP contribution is 2.41. The van der Waals surface area contributed by atoms with Crippen molar-refractivity contribution in [3.63, 3.8) is 0 Å². The highest BCUT2D eigenvalue weighted by Gasteiger charge is 2.25. The van der Waals surface area contributed by atoms with Gasteiger partial charge in [0.2, 0.25) is 11.7 Å². The molecule has 3 aromatic carbocycles. The van der Waals surface area contributed by atoms with Crippen molar-refractivity contribution in [1.82, 2.24) is 0 Å². The second-order valence-corrected chi connectivity index (χ2v) is 10.8. The molecule has 7 nitrogen and oxygen atoms in total. The number of amides is 1. The molecular formula is C30H34N2O5S2. The standard InChI is InChI=1S/C30H34N2O5S2/c1-20-8-13-25-22(15-20)7-6-14-31(25)30(38)39-19-28(33)32(18-21-9-11-24(34-2)12-10-21)23-16-26(35-3)29(37-5)27(17-23)36-4/h8-13,15-17H,6-7,14,18-19H2,1-5H3. The van der Waals surface area contributed by atoms with Crippen LogP contribution in [0.1, 0.15) is 23.1 Å². The van der Waals surface area contributed by atoms with Gasteiger partial charge in [0, 0.05) is 24.4 Å². The van der Waals surface area contributed by atoms with Gasteiger partial charge in [-0.25, -0.2) is 0 Å². The third-order valence-electron chi connectivity index (χ3n) is 6.66. The van der Waals surface area contributed by atoms with Crippen molar-refractivity contribution in [3.05, 3.63) is 71.3 Å². The predicted molar refractivity (Wildman–Crippen MR) is 162 cm³/mol. The third kappa shape index (κ3) is 6.59. The maximum atomic E-state index is 13.8. The summed E-state index contributed by atoms with van der Waals surface area (Å²) in [5.74, 6) is 2.26. The zero-order valence-corrected chi connectivity index (χ0v) is 24.6. The summed E-state index contributed by atoms with van der Waals surface area (Å²) in [6, 6.07) is 17.7. The van der Waals surface area contributed by atoms with Crippen LogP contribution in [0, 0.1) is 6.92 Å². The number of nitrogens with zero attached hydrogens (tertiary/aromatic N) is 2. The second kappa shape index (κ2) is 13.1. The van der Waals surface area contributed by atoms with Crippen molar-refractivity contribution < 1.29 is 23.7 Å². The van der Waals surface area contributed by atoms with Gasteiger partial charge in [-0.3, -0.25) is 4.79 Å². The van der Waals surface area contributed by atoms with Gasteiger partial charge >= 0.3 is 0 Å². The normalized spacial score (nSPS) is 12.4. The number of anilines is 2. The van der Waals surface area contributed by atoms with E-state index in [1.807, 2.05) is 24.3 Å². The average Bonchev–Trinajstić information content (AvgIpc) is 2.97. The molecule has 206 valence electrons. The number of fused-ring (bicyclic) bond motifs is 1. The summed E-state index contributed by atoms with van der Waals surface area (Å²) in [5, 5.41) is 0. The summed E-state index contributed by atoms with van der Waals surface area (Å²) in [5.41, 5.74) is 5.26. The average molecular weight is 567 g/mol. The summed E-state index contributed by atoms with van der Waals surface area (Å²) in [7, 11) is 6.30. The van der Waals surface area contributed by atoms with Gasteiger partial charge < -0.3 is 28.7 Å². The Morgan fingerprint density at radius 1 is 0.949 bits per heavy atom. The molecule has 0 bridgehead atoms. The molecule has 39 heavy (non-hydrogen) atoms. The smallest absolute Gasteiger partial charge is 0.237 e. The van der Waals surface area contributed by atoms with Gasteiger partial charge in [0.05, 0.1) is 46.4 Å². The summed E-state index contributed by atoms with van der Waals surface area (Å²) < 4.78 is 22.6. The molecule has 1 heterocycles. The lowest BCUT2D eigenvalue weighted by Crippen LogP contribution is -2.35. The Morgan fingerprint density at radius 2 is 1.64 bits per heavy atom. The Hall–Kier alpha value is -3.43. The number of carbonyl (C=O) groups is 1. The van der Waals surface area contributed by atoms with Gasteiger partial charge in [0.1, 0.15) is 10.1 Å². The number of aryl methyl sites for hydroxylation is 2. The molecule has 1 aliphatic rings. The number of hydrogen-bond donors (Lipinski definition) is 0. The van der Waals surface area contributed by atoms with Crippen LogP contribution < -0.4 is 28.7 Å². The van der Waals surface area contributed by atoms with Crippen molar-refractivity contribution in [1.29, 1.82) is 0 Å². The summed E-state index contributed by atoms with van der Waals surface area (Å²) in [6.45, 7) is 3.30. The number of benzene rings is 3. The first kappa shape index (κ1) is 28.6. The maximum Gasteiger partial charge on any atom is 0.237 e. The quantitative estimate of drug-likeness (QED) is 0.291. The lowest BCUT2D eigenvalue weighted by Gasteiger charge is -2.31. The zero-order valence-electron chi connectivity index (χ0n) is 23.0. The fraction of sp³-hybridized carbons (Fsp3) is 0.333. The molecular weight excluding hydrogens is 532 g/mol. The molecule has 0 aromatic heterocycles. The van der Waals surface area contributed by atoms with Crippen LogP contribution in [-0.4, -0.2) is 51.0 Å². The molecule has 0 N–H and O–H groups in total. The van der Waals surface area contributed by atoms with E-state index in [1.165, 1.54) is 22.9 Å².